The fraction of sp³-hybridized carbons (Fsp3) is 0.833. The van der Waals surface area contributed by atoms with E-state index in [9.17, 15) is 86.9 Å². The van der Waals surface area contributed by atoms with E-state index in [2.05, 4.69) is 31.9 Å². The van der Waals surface area contributed by atoms with Crippen LogP contribution in [0.25, 0.3) is 0 Å². The molecule has 13 atom stereocenters. The number of aliphatic carboxylic acids is 1. The number of likely N-dealkylation sites (tertiary alicyclic amines) is 2. The van der Waals surface area contributed by atoms with Gasteiger partial charge in [-0.3, -0.25) is 86.5 Å². The first-order valence-electron chi connectivity index (χ1n) is 50.1. The van der Waals surface area contributed by atoms with Crippen LogP contribution in [0.4, 0.5) is 0 Å². The first-order chi connectivity index (χ1) is 69.9. The van der Waals surface area contributed by atoms with E-state index in [1.54, 1.807) is 13.8 Å². The Morgan fingerprint density at radius 1 is 0.363 bits per heavy atom. The molecule has 2 rings (SSSR count). The maximum Gasteiger partial charge on any atom is 0.305 e. The van der Waals surface area contributed by atoms with Crippen LogP contribution in [0.5, 0.6) is 0 Å². The number of ether oxygens (including phenoxy) is 18. The van der Waals surface area contributed by atoms with E-state index < -0.39 is 84.6 Å². The van der Waals surface area contributed by atoms with Crippen molar-refractivity contribution in [1.82, 2.24) is 41.7 Å². The van der Waals surface area contributed by atoms with Gasteiger partial charge in [0.1, 0.15) is 32.2 Å². The highest BCUT2D eigenvalue weighted by Crippen LogP contribution is 2.35. The van der Waals surface area contributed by atoms with Crippen molar-refractivity contribution >= 4 is 106 Å². The predicted molar refractivity (Wildman–Crippen MR) is 526 cm³/mol. The Morgan fingerprint density at radius 2 is 0.637 bits per heavy atom. The number of ketones is 1. The highest BCUT2D eigenvalue weighted by Gasteiger charge is 2.43. The minimum atomic E-state index is -1.13. The molecule has 0 aromatic carbocycles. The number of amides is 10. The quantitative estimate of drug-likeness (QED) is 0.0135. The molecule has 0 radical (unpaired) electrons. The maximum absolute atomic E-state index is 12.5. The van der Waals surface area contributed by atoms with Crippen molar-refractivity contribution in [2.75, 3.05) is 207 Å². The molecule has 13 unspecified atom stereocenters. The van der Waals surface area contributed by atoms with Crippen LogP contribution in [-0.2, 0) is 162 Å². The minimum absolute atomic E-state index is 0.0286. The van der Waals surface area contributed by atoms with E-state index in [-0.39, 0.29) is 361 Å². The van der Waals surface area contributed by atoms with E-state index >= 15 is 0 Å². The van der Waals surface area contributed by atoms with Crippen LogP contribution in [-0.4, -0.2) is 419 Å². The number of methoxy groups -OCH3 is 5. The number of rotatable bonds is 82. The van der Waals surface area contributed by atoms with Crippen LogP contribution < -0.4 is 31.9 Å². The third-order valence-electron chi connectivity index (χ3n) is 20.9. The number of carboxylic acid groups (broad SMARTS) is 1. The predicted octanol–water partition coefficient (Wildman–Crippen LogP) is 1.51. The molecule has 146 heavy (non-hydrogen) atoms. The number of nitrogens with one attached hydrogen (secondary N) is 6. The topological polar surface area (TPSA) is 660 Å². The number of thioether (sulfide) groups is 1. The Morgan fingerprint density at radius 3 is 0.918 bits per heavy atom. The molecule has 0 aromatic rings. The number of carbonyl (C=O) groups excluding carboxylic acids is 15. The molecule has 50 heteroatoms. The lowest BCUT2D eigenvalue weighted by molar-refractivity contribution is -0.194. The zero-order valence-electron chi connectivity index (χ0n) is 89.8. The summed E-state index contributed by atoms with van der Waals surface area (Å²) in [6, 6.07) is 0. The lowest BCUT2D eigenvalue weighted by Gasteiger charge is -2.21. The van der Waals surface area contributed by atoms with Crippen LogP contribution in [0.3, 0.4) is 0 Å². The summed E-state index contributed by atoms with van der Waals surface area (Å²) in [7, 11) is 7.11. The van der Waals surface area contributed by atoms with Gasteiger partial charge in [0.2, 0.25) is 59.1 Å². The fourth-order valence-electron chi connectivity index (χ4n) is 11.9. The molecule has 2 aliphatic rings. The second kappa shape index (κ2) is 90.6. The van der Waals surface area contributed by atoms with E-state index in [0.29, 0.717) is 51.4 Å². The van der Waals surface area contributed by atoms with Crippen LogP contribution in [0.1, 0.15) is 226 Å². The van der Waals surface area contributed by atoms with Gasteiger partial charge in [-0.15, -0.1) is 11.8 Å². The standard InChI is InChI=1S/C32H56N4O12S.C30H52N4O12.C15H28O6.C12H22O7.C7H16O4/c1-6-23(21-37)48-30(44-5)22-47-29(42)9-7-8-25(38)33-12-13-34-27(40)11-16-45-18-19-46-17-14-35-26(39)10-15-36-28(41)20-24(31(36)43)49-32(2,3)4;1-5-23(19-35)46-28(42-4)20-45-27(39)8-6-7-24(36)31-11-12-32-26(38)10-15-43-17-18-44-16-13-33-25(37)9-14-34-29(40)21(2)22(3)30(34)41;1-5-12(9-16)21-15(19-4)10-20-14(18)8-6-7-13(17)11(2)3;1-3-9(7-13)19-12(17-2)8-18-11(16)6-4-5-10(14)15;1-3-6(4-8)11-7(5-9)10-2/h23-24,30,37H,6-22H2,1-5H3,(H,33,38)(H,34,40)(H,35,39);21-23,28,35H,5-20H2,1-4H3,(H,31,36)(H,32,38)(H,33,37);11-12,15-16H,5-10H2,1-4H3;9,12-13H,3-8H2,1-2H3,(H,14,15);6-9H,3-5H2,1-2H3/i;;11D;;. The van der Waals surface area contributed by atoms with Gasteiger partial charge >= 0.3 is 29.8 Å². The van der Waals surface area contributed by atoms with Gasteiger partial charge in [0, 0.05) is 195 Å². The van der Waals surface area contributed by atoms with Gasteiger partial charge in [-0.05, 0) is 57.8 Å². The molecule has 10 amide bonds. The number of carboxylic acids is 1. The third-order valence-corrected chi connectivity index (χ3v) is 22.3. The van der Waals surface area contributed by atoms with Crippen molar-refractivity contribution in [3.05, 3.63) is 0 Å². The zero-order chi connectivity index (χ0) is 112. The van der Waals surface area contributed by atoms with E-state index in [1.165, 1.54) is 66.1 Å². The van der Waals surface area contributed by atoms with Crippen LogP contribution in [0.15, 0.2) is 0 Å². The summed E-state index contributed by atoms with van der Waals surface area (Å²) >= 11 is 1.46. The smallest absolute Gasteiger partial charge is 0.305 e. The summed E-state index contributed by atoms with van der Waals surface area (Å²) in [4.78, 5) is 191. The molecule has 0 aliphatic carbocycles. The van der Waals surface area contributed by atoms with Gasteiger partial charge < -0.3 is 153 Å². The first-order valence-corrected chi connectivity index (χ1v) is 50.5. The van der Waals surface area contributed by atoms with Crippen molar-refractivity contribution < 1.29 is 199 Å². The number of hydrogen-bond acceptors (Lipinski definition) is 41. The minimum Gasteiger partial charge on any atom is -0.481 e. The summed E-state index contributed by atoms with van der Waals surface area (Å²) in [5.74, 6) is -7.42. The molecule has 2 saturated heterocycles. The SMILES string of the molecule is CCC(CO)OC(CO)OC.CCC(CO)OC(COC(=O)CCCC(=O)NCCNC(=O)CCOCCOCCNC(=O)CCN1C(=O)C(C)C(C)C1=O)OC.CCC(CO)OC(COC(=O)CCCC(=O)NCCNC(=O)CCOCCOCCNC(=O)CCN1C(=O)CC(SC(C)(C)C)C1=O)OC.CCC(CO)OC(COC(=O)CCCC(=O)O)OC.[2H]C(C)(C)C(=O)CCCC(=O)OCC(OC)OC(CC)CO. The average molecular weight is 2130 g/mol. The van der Waals surface area contributed by atoms with Gasteiger partial charge in [0.25, 0.3) is 0 Å². The molecule has 49 nitrogen and oxygen atoms in total. The number of hydrogen-bond donors (Lipinski definition) is 13. The molecule has 0 aromatic heterocycles. The molecule has 2 heterocycles. The number of Topliss-reactive ketones (excluding diaryl/α,β-unsaturated/α-hetero) is 1. The highest BCUT2D eigenvalue weighted by atomic mass is 32.2. The number of aliphatic hydroxyl groups is 6. The number of esters is 4. The Kier molecular flexibility index (Phi) is 86.7. The molecule has 2 aliphatic heterocycles. The lowest BCUT2D eigenvalue weighted by atomic mass is 10.00. The molecule has 13 N–H and O–H groups in total. The van der Waals surface area contributed by atoms with Gasteiger partial charge in [0.05, 0.1) is 128 Å². The second-order valence-corrected chi connectivity index (χ2v) is 36.0. The average Bonchev–Trinajstić information content (AvgIpc) is 1.66. The summed E-state index contributed by atoms with van der Waals surface area (Å²) in [6.45, 7) is 24.2. The molecule has 0 saturated carbocycles. The summed E-state index contributed by atoms with van der Waals surface area (Å²) < 4.78 is 101. The van der Waals surface area contributed by atoms with Crippen molar-refractivity contribution in [3.8, 4) is 0 Å². The monoisotopic (exact) mass is 2130 g/mol. The second-order valence-electron chi connectivity index (χ2n) is 34.0. The Labute approximate surface area is 864 Å². The van der Waals surface area contributed by atoms with Gasteiger partial charge in [0.15, 0.2) is 31.5 Å². The van der Waals surface area contributed by atoms with E-state index in [0.717, 1.165) is 4.90 Å². The van der Waals surface area contributed by atoms with Crippen molar-refractivity contribution in [2.24, 2.45) is 17.7 Å². The zero-order valence-corrected chi connectivity index (χ0v) is 89.6. The largest absolute Gasteiger partial charge is 0.481 e. The Bertz CT molecular complexity index is 3580. The Hall–Kier alpha value is -8.33. The number of carbonyl (C=O) groups is 16. The Balaban J connectivity index is -0.00000193. The maximum atomic E-state index is 12.5. The van der Waals surface area contributed by atoms with E-state index in [4.69, 9.17) is 112 Å². The number of nitrogens with zero attached hydrogens (tertiary/aromatic N) is 2. The summed E-state index contributed by atoms with van der Waals surface area (Å²) in [6.07, 6.45) is -0.0535. The molecule has 0 bridgehead atoms. The van der Waals surface area contributed by atoms with Crippen molar-refractivity contribution in [1.29, 1.82) is 0 Å². The van der Waals surface area contributed by atoms with Gasteiger partial charge in [-0.2, -0.15) is 0 Å². The molecule has 2 fully saturated rings. The fourth-order valence-corrected chi connectivity index (χ4v) is 13.2. The summed E-state index contributed by atoms with van der Waals surface area (Å²) in [5, 5.41) is 77.8. The third kappa shape index (κ3) is 75.4. The first kappa shape index (κ1) is 140. The normalized spacial score (nSPS) is 16.1. The van der Waals surface area contributed by atoms with Crippen LogP contribution in [0.2, 0.25) is 0 Å². The van der Waals surface area contributed by atoms with Crippen LogP contribution in [0, 0.1) is 17.7 Å². The van der Waals surface area contributed by atoms with E-state index in [1.807, 2.05) is 55.4 Å². The molecule has 0 spiro atoms. The summed E-state index contributed by atoms with van der Waals surface area (Å²) in [5.41, 5.74) is 0. The molecule has 850 valence electrons. The molecular weight excluding hydrogens is 1950 g/mol. The van der Waals surface area contributed by atoms with Gasteiger partial charge in [-0.25, -0.2) is 0 Å². The van der Waals surface area contributed by atoms with Crippen molar-refractivity contribution in [3.63, 3.8) is 0 Å². The number of imide groups is 2. The number of aliphatic hydroxyl groups excluding tert-OH is 6. The lowest BCUT2D eigenvalue weighted by Crippen LogP contribution is -2.36. The molecular formula is C96H174N8O41S. The van der Waals surface area contributed by atoms with Crippen molar-refractivity contribution in [2.45, 2.75) is 296 Å². The van der Waals surface area contributed by atoms with Gasteiger partial charge in [-0.1, -0.05) is 83.1 Å². The van der Waals surface area contributed by atoms with Crippen LogP contribution >= 0.6 is 11.8 Å². The highest BCUT2D eigenvalue weighted by molar-refractivity contribution is 8.01.